The van der Waals surface area contributed by atoms with Crippen molar-refractivity contribution in [3.05, 3.63) is 23.8 Å². The first-order valence-corrected chi connectivity index (χ1v) is 9.82. The molecule has 1 aliphatic heterocycles. The monoisotopic (exact) mass is 388 g/mol. The molecule has 0 bridgehead atoms. The second kappa shape index (κ2) is 8.33. The number of methoxy groups -OCH3 is 2. The van der Waals surface area contributed by atoms with Crippen molar-refractivity contribution in [1.82, 2.24) is 0 Å². The predicted octanol–water partition coefficient (Wildman–Crippen LogP) is 3.29. The molecular formula is C22H28O6. The van der Waals surface area contributed by atoms with E-state index in [9.17, 15) is 14.4 Å². The number of Topliss-reactive ketones (excluding diaryl/α,β-unsaturated/α-hetero) is 2. The fourth-order valence-corrected chi connectivity index (χ4v) is 4.66. The third-order valence-corrected chi connectivity index (χ3v) is 6.22. The van der Waals surface area contributed by atoms with Crippen molar-refractivity contribution in [2.75, 3.05) is 14.2 Å². The number of rotatable bonds is 7. The highest BCUT2D eigenvalue weighted by Gasteiger charge is 2.50. The topological polar surface area (TPSA) is 78.9 Å². The third-order valence-electron chi connectivity index (χ3n) is 6.22. The van der Waals surface area contributed by atoms with Crippen LogP contribution in [0, 0.1) is 11.8 Å². The molecule has 1 saturated carbocycles. The summed E-state index contributed by atoms with van der Waals surface area (Å²) in [6, 6.07) is 5.62. The first kappa shape index (κ1) is 20.4. The minimum atomic E-state index is -0.832. The zero-order chi connectivity index (χ0) is 20.3. The molecule has 6 heteroatoms. The van der Waals surface area contributed by atoms with E-state index in [1.807, 2.05) is 18.2 Å². The molecule has 2 fully saturated rings. The van der Waals surface area contributed by atoms with Crippen molar-refractivity contribution in [2.45, 2.75) is 57.5 Å². The summed E-state index contributed by atoms with van der Waals surface area (Å²) in [5.74, 6) is 1.06. The van der Waals surface area contributed by atoms with E-state index >= 15 is 0 Å². The standard InChI is InChI=1S/C22H28O6/c1-14(23)16-4-6-17(10-16)22(13-18(24)11-21(25)28-22)9-8-15-5-7-19(26-2)12-20(15)27-3/h5,7,12,16-17H,4,6,8-11,13H2,1-3H3. The average molecular weight is 388 g/mol. The molecule has 1 aliphatic carbocycles. The van der Waals surface area contributed by atoms with Gasteiger partial charge in [-0.05, 0) is 56.6 Å². The van der Waals surface area contributed by atoms with Crippen molar-refractivity contribution < 1.29 is 28.6 Å². The fourth-order valence-electron chi connectivity index (χ4n) is 4.66. The van der Waals surface area contributed by atoms with Gasteiger partial charge < -0.3 is 14.2 Å². The highest BCUT2D eigenvalue weighted by Crippen LogP contribution is 2.46. The molecule has 1 saturated heterocycles. The zero-order valence-electron chi connectivity index (χ0n) is 16.8. The van der Waals surface area contributed by atoms with E-state index in [1.54, 1.807) is 21.1 Å². The molecule has 0 aromatic heterocycles. The molecule has 1 aromatic carbocycles. The minimum absolute atomic E-state index is 0.00636. The molecular weight excluding hydrogens is 360 g/mol. The summed E-state index contributed by atoms with van der Waals surface area (Å²) in [7, 11) is 3.20. The lowest BCUT2D eigenvalue weighted by Crippen LogP contribution is -2.48. The Balaban J connectivity index is 1.83. The fraction of sp³-hybridized carbons (Fsp3) is 0.591. The normalized spacial score (nSPS) is 27.4. The number of carbonyl (C=O) groups is 3. The molecule has 6 nitrogen and oxygen atoms in total. The Morgan fingerprint density at radius 2 is 2.00 bits per heavy atom. The maximum Gasteiger partial charge on any atom is 0.313 e. The Labute approximate surface area is 165 Å². The molecule has 1 heterocycles. The van der Waals surface area contributed by atoms with Crippen LogP contribution in [0.2, 0.25) is 0 Å². The van der Waals surface area contributed by atoms with Gasteiger partial charge in [0.2, 0.25) is 0 Å². The lowest BCUT2D eigenvalue weighted by atomic mass is 9.75. The van der Waals surface area contributed by atoms with Gasteiger partial charge in [-0.3, -0.25) is 14.4 Å². The van der Waals surface area contributed by atoms with E-state index in [4.69, 9.17) is 14.2 Å². The molecule has 2 aliphatic rings. The van der Waals surface area contributed by atoms with Crippen molar-refractivity contribution in [3.63, 3.8) is 0 Å². The van der Waals surface area contributed by atoms with E-state index in [-0.39, 0.29) is 36.2 Å². The molecule has 152 valence electrons. The first-order valence-electron chi connectivity index (χ1n) is 9.82. The largest absolute Gasteiger partial charge is 0.497 e. The molecule has 3 unspecified atom stereocenters. The van der Waals surface area contributed by atoms with Crippen LogP contribution in [0.3, 0.4) is 0 Å². The number of carbonyl (C=O) groups excluding carboxylic acids is 3. The minimum Gasteiger partial charge on any atom is -0.497 e. The molecule has 0 spiro atoms. The van der Waals surface area contributed by atoms with Gasteiger partial charge in [-0.2, -0.15) is 0 Å². The molecule has 0 amide bonds. The van der Waals surface area contributed by atoms with Gasteiger partial charge in [0.05, 0.1) is 14.2 Å². The predicted molar refractivity (Wildman–Crippen MR) is 102 cm³/mol. The number of esters is 1. The SMILES string of the molecule is COc1ccc(CCC2(C3CCC(C(C)=O)C3)CC(=O)CC(=O)O2)c(OC)c1. The number of hydrogen-bond acceptors (Lipinski definition) is 6. The van der Waals surface area contributed by atoms with Crippen LogP contribution < -0.4 is 9.47 Å². The summed E-state index contributed by atoms with van der Waals surface area (Å²) in [6.07, 6.45) is 3.47. The van der Waals surface area contributed by atoms with Crippen LogP contribution in [-0.2, 0) is 25.5 Å². The molecule has 3 rings (SSSR count). The van der Waals surface area contributed by atoms with E-state index in [2.05, 4.69) is 0 Å². The van der Waals surface area contributed by atoms with Gasteiger partial charge in [0.15, 0.2) is 0 Å². The highest BCUT2D eigenvalue weighted by molar-refractivity contribution is 5.98. The summed E-state index contributed by atoms with van der Waals surface area (Å²) in [4.78, 5) is 36.2. The summed E-state index contributed by atoms with van der Waals surface area (Å²) in [6.45, 7) is 1.61. The highest BCUT2D eigenvalue weighted by atomic mass is 16.6. The maximum absolute atomic E-state index is 12.3. The number of ether oxygens (including phenoxy) is 3. The molecule has 0 radical (unpaired) electrons. The van der Waals surface area contributed by atoms with Crippen LogP contribution in [0.15, 0.2) is 18.2 Å². The lowest BCUT2D eigenvalue weighted by molar-refractivity contribution is -0.178. The van der Waals surface area contributed by atoms with Gasteiger partial charge in [-0.25, -0.2) is 0 Å². The number of ketones is 2. The van der Waals surface area contributed by atoms with Crippen molar-refractivity contribution in [2.24, 2.45) is 11.8 Å². The average Bonchev–Trinajstić information content (AvgIpc) is 3.17. The first-order chi connectivity index (χ1) is 13.4. The number of benzene rings is 1. The van der Waals surface area contributed by atoms with Gasteiger partial charge in [0, 0.05) is 18.4 Å². The Kier molecular flexibility index (Phi) is 6.06. The van der Waals surface area contributed by atoms with Crippen LogP contribution in [0.1, 0.15) is 51.0 Å². The number of hydrogen-bond donors (Lipinski definition) is 0. The Morgan fingerprint density at radius 3 is 2.61 bits per heavy atom. The van der Waals surface area contributed by atoms with Crippen molar-refractivity contribution in [1.29, 1.82) is 0 Å². The van der Waals surface area contributed by atoms with Gasteiger partial charge in [-0.15, -0.1) is 0 Å². The summed E-state index contributed by atoms with van der Waals surface area (Å²) < 4.78 is 16.6. The molecule has 3 atom stereocenters. The van der Waals surface area contributed by atoms with Gasteiger partial charge >= 0.3 is 5.97 Å². The van der Waals surface area contributed by atoms with Crippen LogP contribution >= 0.6 is 0 Å². The quantitative estimate of drug-likeness (QED) is 0.527. The Bertz CT molecular complexity index is 752. The van der Waals surface area contributed by atoms with Gasteiger partial charge in [0.25, 0.3) is 0 Å². The second-order valence-electron chi connectivity index (χ2n) is 7.93. The number of aryl methyl sites for hydroxylation is 1. The van der Waals surface area contributed by atoms with Crippen LogP contribution in [-0.4, -0.2) is 37.4 Å². The van der Waals surface area contributed by atoms with Crippen molar-refractivity contribution >= 4 is 17.5 Å². The van der Waals surface area contributed by atoms with Crippen molar-refractivity contribution in [3.8, 4) is 11.5 Å². The zero-order valence-corrected chi connectivity index (χ0v) is 16.8. The second-order valence-corrected chi connectivity index (χ2v) is 7.93. The van der Waals surface area contributed by atoms with E-state index in [1.165, 1.54) is 0 Å². The number of cyclic esters (lactones) is 1. The van der Waals surface area contributed by atoms with Crippen LogP contribution in [0.5, 0.6) is 11.5 Å². The Hall–Kier alpha value is -2.37. The smallest absolute Gasteiger partial charge is 0.313 e. The molecule has 0 N–H and O–H groups in total. The summed E-state index contributed by atoms with van der Waals surface area (Å²) >= 11 is 0. The summed E-state index contributed by atoms with van der Waals surface area (Å²) in [5.41, 5.74) is 0.138. The van der Waals surface area contributed by atoms with E-state index in [0.717, 1.165) is 18.4 Å². The van der Waals surface area contributed by atoms with Crippen LogP contribution in [0.4, 0.5) is 0 Å². The van der Waals surface area contributed by atoms with Crippen LogP contribution in [0.25, 0.3) is 0 Å². The van der Waals surface area contributed by atoms with E-state index < -0.39 is 11.6 Å². The third kappa shape index (κ3) is 4.21. The van der Waals surface area contributed by atoms with E-state index in [0.29, 0.717) is 30.8 Å². The molecule has 28 heavy (non-hydrogen) atoms. The van der Waals surface area contributed by atoms with Gasteiger partial charge in [-0.1, -0.05) is 6.07 Å². The Morgan fingerprint density at radius 1 is 1.21 bits per heavy atom. The molecule has 1 aromatic rings. The maximum atomic E-state index is 12.3. The van der Waals surface area contributed by atoms with Gasteiger partial charge in [0.1, 0.15) is 35.1 Å². The lowest BCUT2D eigenvalue weighted by Gasteiger charge is -2.41. The summed E-state index contributed by atoms with van der Waals surface area (Å²) in [5, 5.41) is 0.